The van der Waals surface area contributed by atoms with Crippen LogP contribution in [-0.4, -0.2) is 68.8 Å². The Kier molecular flexibility index (Phi) is 5.28. The molecule has 0 unspecified atom stereocenters. The molecule has 0 spiro atoms. The molecular formula is C15H21ClN6O2S. The minimum Gasteiger partial charge on any atom is -0.368 e. The normalized spacial score (nSPS) is 16.4. The van der Waals surface area contributed by atoms with E-state index in [-0.39, 0.29) is 12.3 Å². The second-order valence-electron chi connectivity index (χ2n) is 6.12. The van der Waals surface area contributed by atoms with Gasteiger partial charge >= 0.3 is 0 Å². The Labute approximate surface area is 152 Å². The summed E-state index contributed by atoms with van der Waals surface area (Å²) in [4.78, 5) is 13.6. The molecule has 136 valence electrons. The van der Waals surface area contributed by atoms with Crippen molar-refractivity contribution >= 4 is 44.3 Å². The van der Waals surface area contributed by atoms with Gasteiger partial charge in [0.15, 0.2) is 0 Å². The van der Waals surface area contributed by atoms with E-state index in [4.69, 9.17) is 16.7 Å². The first-order valence-electron chi connectivity index (χ1n) is 7.97. The zero-order chi connectivity index (χ0) is 18.0. The number of sulfonamides is 1. The molecule has 0 aliphatic carbocycles. The number of halogens is 1. The number of primary sulfonamides is 1. The topological polar surface area (TPSA) is 104 Å². The van der Waals surface area contributed by atoms with Crippen molar-refractivity contribution in [1.29, 1.82) is 0 Å². The standard InChI is InChI=1S/C15H21ClN6O2S/c1-21-5-7-22(8-6-21)15-19-13-3-2-11(16)10-12(13)14(20-15)18-4-9-25(17,23)24/h2-3,10H,4-9H2,1H3,(H2,17,23,24)(H,18,19,20). The largest absolute Gasteiger partial charge is 0.368 e. The van der Waals surface area contributed by atoms with Crippen LogP contribution in [0.4, 0.5) is 11.8 Å². The van der Waals surface area contributed by atoms with Crippen molar-refractivity contribution in [2.45, 2.75) is 0 Å². The summed E-state index contributed by atoms with van der Waals surface area (Å²) < 4.78 is 22.3. The Morgan fingerprint density at radius 2 is 1.96 bits per heavy atom. The fourth-order valence-corrected chi connectivity index (χ4v) is 3.24. The van der Waals surface area contributed by atoms with Crippen LogP contribution in [0.2, 0.25) is 5.02 Å². The molecule has 1 fully saturated rings. The highest BCUT2D eigenvalue weighted by atomic mass is 35.5. The van der Waals surface area contributed by atoms with Crippen LogP contribution >= 0.6 is 11.6 Å². The van der Waals surface area contributed by atoms with E-state index in [0.717, 1.165) is 37.1 Å². The molecular weight excluding hydrogens is 364 g/mol. The lowest BCUT2D eigenvalue weighted by Crippen LogP contribution is -2.45. The monoisotopic (exact) mass is 384 g/mol. The summed E-state index contributed by atoms with van der Waals surface area (Å²) in [5, 5.41) is 9.43. The number of nitrogens with zero attached hydrogens (tertiary/aromatic N) is 4. The van der Waals surface area contributed by atoms with Crippen molar-refractivity contribution in [3.63, 3.8) is 0 Å². The number of benzene rings is 1. The highest BCUT2D eigenvalue weighted by Crippen LogP contribution is 2.26. The summed E-state index contributed by atoms with van der Waals surface area (Å²) in [7, 11) is -1.46. The molecule has 0 amide bonds. The Morgan fingerprint density at radius 1 is 1.24 bits per heavy atom. The first-order valence-corrected chi connectivity index (χ1v) is 10.1. The maximum Gasteiger partial charge on any atom is 0.227 e. The van der Waals surface area contributed by atoms with Crippen LogP contribution in [0, 0.1) is 0 Å². The van der Waals surface area contributed by atoms with Crippen LogP contribution in [0.5, 0.6) is 0 Å². The first kappa shape index (κ1) is 18.1. The van der Waals surface area contributed by atoms with Crippen LogP contribution in [-0.2, 0) is 10.0 Å². The number of hydrogen-bond donors (Lipinski definition) is 2. The Bertz CT molecular complexity index is 868. The van der Waals surface area contributed by atoms with Crippen LogP contribution in [0.25, 0.3) is 10.9 Å². The highest BCUT2D eigenvalue weighted by molar-refractivity contribution is 7.89. The number of piperazine rings is 1. The van der Waals surface area contributed by atoms with Gasteiger partial charge in [0.2, 0.25) is 16.0 Å². The van der Waals surface area contributed by atoms with Crippen molar-refractivity contribution in [2.75, 3.05) is 55.7 Å². The Hall–Kier alpha value is -1.68. The maximum absolute atomic E-state index is 11.2. The second kappa shape index (κ2) is 7.28. The van der Waals surface area contributed by atoms with E-state index in [0.29, 0.717) is 16.8 Å². The molecule has 3 rings (SSSR count). The number of nitrogens with one attached hydrogen (secondary N) is 1. The number of likely N-dealkylation sites (N-methyl/N-ethyl adjacent to an activating group) is 1. The quantitative estimate of drug-likeness (QED) is 0.783. The summed E-state index contributed by atoms with van der Waals surface area (Å²) in [5.74, 6) is 1.01. The van der Waals surface area contributed by atoms with Gasteiger partial charge in [0.1, 0.15) is 5.82 Å². The van der Waals surface area contributed by atoms with Crippen LogP contribution < -0.4 is 15.4 Å². The summed E-state index contributed by atoms with van der Waals surface area (Å²) in [6.07, 6.45) is 0. The molecule has 1 aliphatic rings. The first-order chi connectivity index (χ1) is 11.8. The van der Waals surface area contributed by atoms with Gasteiger partial charge in [0, 0.05) is 43.1 Å². The third-order valence-electron chi connectivity index (χ3n) is 4.11. The summed E-state index contributed by atoms with van der Waals surface area (Å²) in [6, 6.07) is 5.38. The maximum atomic E-state index is 11.2. The molecule has 0 bridgehead atoms. The van der Waals surface area contributed by atoms with Gasteiger partial charge in [0.05, 0.1) is 11.3 Å². The minimum absolute atomic E-state index is 0.166. The summed E-state index contributed by atoms with van der Waals surface area (Å²) in [6.45, 7) is 3.73. The van der Waals surface area contributed by atoms with Crippen LogP contribution in [0.1, 0.15) is 0 Å². The number of rotatable bonds is 5. The molecule has 1 aromatic heterocycles. The predicted octanol–water partition coefficient (Wildman–Crippen LogP) is 0.735. The van der Waals surface area contributed by atoms with Gasteiger partial charge in [-0.2, -0.15) is 4.98 Å². The van der Waals surface area contributed by atoms with Crippen molar-refractivity contribution in [3.8, 4) is 0 Å². The number of anilines is 2. The van der Waals surface area contributed by atoms with E-state index in [2.05, 4.69) is 32.1 Å². The lowest BCUT2D eigenvalue weighted by atomic mass is 10.2. The highest BCUT2D eigenvalue weighted by Gasteiger charge is 2.18. The second-order valence-corrected chi connectivity index (χ2v) is 8.29. The fraction of sp³-hybridized carbons (Fsp3) is 0.467. The van der Waals surface area contributed by atoms with Gasteiger partial charge in [-0.1, -0.05) is 11.6 Å². The molecule has 0 saturated carbocycles. The molecule has 1 aromatic carbocycles. The molecule has 3 N–H and O–H groups in total. The zero-order valence-corrected chi connectivity index (χ0v) is 15.5. The van der Waals surface area contributed by atoms with E-state index in [1.165, 1.54) is 0 Å². The molecule has 1 saturated heterocycles. The predicted molar refractivity (Wildman–Crippen MR) is 101 cm³/mol. The number of nitrogens with two attached hydrogens (primary N) is 1. The van der Waals surface area contributed by atoms with Gasteiger partial charge in [-0.25, -0.2) is 18.5 Å². The van der Waals surface area contributed by atoms with Gasteiger partial charge in [-0.05, 0) is 25.2 Å². The van der Waals surface area contributed by atoms with E-state index in [1.807, 2.05) is 6.07 Å². The molecule has 0 atom stereocenters. The molecule has 8 nitrogen and oxygen atoms in total. The van der Waals surface area contributed by atoms with E-state index in [1.54, 1.807) is 12.1 Å². The van der Waals surface area contributed by atoms with Crippen molar-refractivity contribution in [3.05, 3.63) is 23.2 Å². The average molecular weight is 385 g/mol. The lowest BCUT2D eigenvalue weighted by molar-refractivity contribution is 0.311. The third kappa shape index (κ3) is 4.69. The smallest absolute Gasteiger partial charge is 0.227 e. The minimum atomic E-state index is -3.54. The van der Waals surface area contributed by atoms with E-state index < -0.39 is 10.0 Å². The summed E-state index contributed by atoms with van der Waals surface area (Å²) in [5.41, 5.74) is 0.756. The van der Waals surface area contributed by atoms with E-state index in [9.17, 15) is 8.42 Å². The van der Waals surface area contributed by atoms with Gasteiger partial charge < -0.3 is 15.1 Å². The number of hydrogen-bond acceptors (Lipinski definition) is 7. The SMILES string of the molecule is CN1CCN(c2nc(NCCS(N)(=O)=O)c3cc(Cl)ccc3n2)CC1. The fourth-order valence-electron chi connectivity index (χ4n) is 2.68. The average Bonchev–Trinajstić information content (AvgIpc) is 2.54. The third-order valence-corrected chi connectivity index (χ3v) is 5.12. The molecule has 1 aliphatic heterocycles. The molecule has 2 aromatic rings. The molecule has 25 heavy (non-hydrogen) atoms. The van der Waals surface area contributed by atoms with Gasteiger partial charge in [-0.3, -0.25) is 0 Å². The Morgan fingerprint density at radius 3 is 2.64 bits per heavy atom. The van der Waals surface area contributed by atoms with Crippen molar-refractivity contribution in [1.82, 2.24) is 14.9 Å². The summed E-state index contributed by atoms with van der Waals surface area (Å²) >= 11 is 6.09. The van der Waals surface area contributed by atoms with Crippen molar-refractivity contribution < 1.29 is 8.42 Å². The van der Waals surface area contributed by atoms with E-state index >= 15 is 0 Å². The van der Waals surface area contributed by atoms with Crippen molar-refractivity contribution in [2.24, 2.45) is 5.14 Å². The molecule has 10 heteroatoms. The van der Waals surface area contributed by atoms with Gasteiger partial charge in [-0.15, -0.1) is 0 Å². The zero-order valence-electron chi connectivity index (χ0n) is 13.9. The van der Waals surface area contributed by atoms with Crippen LogP contribution in [0.3, 0.4) is 0 Å². The number of fused-ring (bicyclic) bond motifs is 1. The van der Waals surface area contributed by atoms with Gasteiger partial charge in [0.25, 0.3) is 0 Å². The lowest BCUT2D eigenvalue weighted by Gasteiger charge is -2.32. The van der Waals surface area contributed by atoms with Crippen LogP contribution in [0.15, 0.2) is 18.2 Å². The molecule has 2 heterocycles. The number of aromatic nitrogens is 2. The Balaban J connectivity index is 1.92. The molecule has 0 radical (unpaired) electrons.